The minimum atomic E-state index is -3.25. The zero-order chi connectivity index (χ0) is 18.4. The number of ether oxygens (including phenoxy) is 1. The van der Waals surface area contributed by atoms with E-state index in [4.69, 9.17) is 4.74 Å². The van der Waals surface area contributed by atoms with Crippen LogP contribution in [0.25, 0.3) is 0 Å². The average Bonchev–Trinajstić information content (AvgIpc) is 3.07. The third-order valence-electron chi connectivity index (χ3n) is 5.54. The molecule has 3 saturated heterocycles. The van der Waals surface area contributed by atoms with Crippen LogP contribution in [0.4, 0.5) is 4.39 Å². The summed E-state index contributed by atoms with van der Waals surface area (Å²) in [5.41, 5.74) is -0.387. The van der Waals surface area contributed by atoms with E-state index < -0.39 is 26.5 Å². The van der Waals surface area contributed by atoms with E-state index in [2.05, 4.69) is 4.90 Å². The molecule has 0 bridgehead atoms. The normalized spacial score (nSPS) is 27.4. The van der Waals surface area contributed by atoms with E-state index >= 15 is 0 Å². The van der Waals surface area contributed by atoms with Crippen LogP contribution in [-0.2, 0) is 14.6 Å². The first-order chi connectivity index (χ1) is 12.4. The first kappa shape index (κ1) is 17.9. The maximum atomic E-state index is 13.0. The predicted molar refractivity (Wildman–Crippen MR) is 94.2 cm³/mol. The molecule has 3 fully saturated rings. The van der Waals surface area contributed by atoms with Gasteiger partial charge in [0.15, 0.2) is 9.84 Å². The van der Waals surface area contributed by atoms with Crippen molar-refractivity contribution in [3.05, 3.63) is 35.6 Å². The van der Waals surface area contributed by atoms with Gasteiger partial charge in [0.25, 0.3) is 5.91 Å². The Morgan fingerprint density at radius 2 is 1.85 bits per heavy atom. The molecular weight excluding hydrogens is 359 g/mol. The summed E-state index contributed by atoms with van der Waals surface area (Å²) in [5.74, 6) is -0.658. The largest absolute Gasteiger partial charge is 0.369 e. The number of sulfone groups is 1. The Hall–Kier alpha value is -1.51. The maximum absolute atomic E-state index is 13.0. The lowest BCUT2D eigenvalue weighted by Crippen LogP contribution is -2.71. The monoisotopic (exact) mass is 382 g/mol. The topological polar surface area (TPSA) is 66.9 Å². The second kappa shape index (κ2) is 6.58. The van der Waals surface area contributed by atoms with E-state index in [1.807, 2.05) is 0 Å². The Kier molecular flexibility index (Phi) is 4.53. The van der Waals surface area contributed by atoms with Crippen molar-refractivity contribution in [2.24, 2.45) is 0 Å². The molecule has 1 amide bonds. The summed E-state index contributed by atoms with van der Waals surface area (Å²) in [6.45, 7) is 3.17. The molecule has 0 aromatic heterocycles. The molecule has 142 valence electrons. The smallest absolute Gasteiger partial charge is 0.254 e. The van der Waals surface area contributed by atoms with Gasteiger partial charge in [-0.3, -0.25) is 4.79 Å². The third kappa shape index (κ3) is 3.37. The average molecular weight is 382 g/mol. The summed E-state index contributed by atoms with van der Waals surface area (Å²) in [4.78, 5) is 16.2. The number of hydrogen-bond donors (Lipinski definition) is 0. The molecule has 3 heterocycles. The predicted octanol–water partition coefficient (Wildman–Crippen LogP) is 0.930. The molecule has 1 aromatic carbocycles. The molecule has 4 rings (SSSR count). The van der Waals surface area contributed by atoms with Crippen LogP contribution in [0.3, 0.4) is 0 Å². The van der Waals surface area contributed by atoms with Gasteiger partial charge >= 0.3 is 0 Å². The summed E-state index contributed by atoms with van der Waals surface area (Å²) in [6.07, 6.45) is 2.25. The van der Waals surface area contributed by atoms with Crippen molar-refractivity contribution >= 4 is 15.7 Å². The number of carbonyl (C=O) groups excluding carboxylic acids is 1. The highest BCUT2D eigenvalue weighted by atomic mass is 32.2. The lowest BCUT2D eigenvalue weighted by Gasteiger charge is -2.52. The van der Waals surface area contributed by atoms with E-state index in [9.17, 15) is 17.6 Å². The molecule has 26 heavy (non-hydrogen) atoms. The Morgan fingerprint density at radius 3 is 2.46 bits per heavy atom. The number of amides is 1. The molecule has 3 aliphatic rings. The SMILES string of the molecule is O=C(c1ccc(F)cc1)N1CC2(C1)CS(=O)(=O)[C@@H](CN1CCCC1)CO2. The van der Waals surface area contributed by atoms with E-state index in [0.717, 1.165) is 25.9 Å². The molecule has 0 N–H and O–H groups in total. The highest BCUT2D eigenvalue weighted by molar-refractivity contribution is 7.92. The van der Waals surface area contributed by atoms with E-state index in [-0.39, 0.29) is 31.4 Å². The number of benzene rings is 1. The van der Waals surface area contributed by atoms with Gasteiger partial charge in [0.2, 0.25) is 0 Å². The van der Waals surface area contributed by atoms with E-state index in [1.54, 1.807) is 4.90 Å². The van der Waals surface area contributed by atoms with Crippen molar-refractivity contribution in [3.8, 4) is 0 Å². The molecule has 0 unspecified atom stereocenters. The zero-order valence-electron chi connectivity index (χ0n) is 14.6. The number of likely N-dealkylation sites (tertiary alicyclic amines) is 2. The van der Waals surface area contributed by atoms with Gasteiger partial charge in [-0.1, -0.05) is 0 Å². The first-order valence-electron chi connectivity index (χ1n) is 9.00. The molecular formula is C18H23FN2O4S. The minimum absolute atomic E-state index is 0.0360. The number of nitrogens with zero attached hydrogens (tertiary/aromatic N) is 2. The van der Waals surface area contributed by atoms with Crippen molar-refractivity contribution in [1.29, 1.82) is 0 Å². The second-order valence-electron chi connectivity index (χ2n) is 7.60. The van der Waals surface area contributed by atoms with Gasteiger partial charge in [0, 0.05) is 12.1 Å². The molecule has 1 atom stereocenters. The van der Waals surface area contributed by atoms with E-state index in [1.165, 1.54) is 24.3 Å². The fourth-order valence-corrected chi connectivity index (χ4v) is 6.02. The Morgan fingerprint density at radius 1 is 1.19 bits per heavy atom. The molecule has 0 radical (unpaired) electrons. The van der Waals surface area contributed by atoms with Gasteiger partial charge in [-0.05, 0) is 50.2 Å². The Labute approximate surface area is 152 Å². The van der Waals surface area contributed by atoms with Crippen molar-refractivity contribution in [1.82, 2.24) is 9.80 Å². The van der Waals surface area contributed by atoms with Crippen molar-refractivity contribution < 1.29 is 22.3 Å². The van der Waals surface area contributed by atoms with Crippen LogP contribution in [0.5, 0.6) is 0 Å². The molecule has 0 aliphatic carbocycles. The number of halogens is 1. The molecule has 8 heteroatoms. The van der Waals surface area contributed by atoms with Crippen LogP contribution in [0.15, 0.2) is 24.3 Å². The van der Waals surface area contributed by atoms with Crippen molar-refractivity contribution in [2.75, 3.05) is 45.1 Å². The first-order valence-corrected chi connectivity index (χ1v) is 10.7. The number of rotatable bonds is 3. The molecule has 1 aromatic rings. The van der Waals surface area contributed by atoms with Crippen LogP contribution < -0.4 is 0 Å². The van der Waals surface area contributed by atoms with Crippen LogP contribution in [-0.4, -0.2) is 80.1 Å². The quantitative estimate of drug-likeness (QED) is 0.778. The number of carbonyl (C=O) groups is 1. The molecule has 0 saturated carbocycles. The van der Waals surface area contributed by atoms with E-state index in [0.29, 0.717) is 12.1 Å². The lowest BCUT2D eigenvalue weighted by molar-refractivity contribution is -0.121. The van der Waals surface area contributed by atoms with Crippen LogP contribution in [0.1, 0.15) is 23.2 Å². The van der Waals surface area contributed by atoms with Gasteiger partial charge in [-0.2, -0.15) is 0 Å². The van der Waals surface area contributed by atoms with Crippen molar-refractivity contribution in [3.63, 3.8) is 0 Å². The second-order valence-corrected chi connectivity index (χ2v) is 9.88. The van der Waals surface area contributed by atoms with Gasteiger partial charge in [0.1, 0.15) is 11.4 Å². The fourth-order valence-electron chi connectivity index (χ4n) is 4.07. The Balaban J connectivity index is 1.37. The zero-order valence-corrected chi connectivity index (χ0v) is 15.4. The van der Waals surface area contributed by atoms with Gasteiger partial charge in [-0.15, -0.1) is 0 Å². The number of hydrogen-bond acceptors (Lipinski definition) is 5. The highest BCUT2D eigenvalue weighted by Crippen LogP contribution is 2.34. The molecule has 6 nitrogen and oxygen atoms in total. The standard InChI is InChI=1S/C18H23FN2O4S/c19-15-5-3-14(4-6-15)17(22)21-11-18(12-21)13-26(23,24)16(10-25-18)9-20-7-1-2-8-20/h3-6,16H,1-2,7-13H2/t16-/m0/s1. The molecule has 1 spiro atoms. The van der Waals surface area contributed by atoms with Gasteiger partial charge < -0.3 is 14.5 Å². The molecule has 3 aliphatic heterocycles. The summed E-state index contributed by atoms with van der Waals surface area (Å²) in [5, 5.41) is -0.479. The van der Waals surface area contributed by atoms with Gasteiger partial charge in [0.05, 0.1) is 30.7 Å². The fraction of sp³-hybridized carbons (Fsp3) is 0.611. The summed E-state index contributed by atoms with van der Waals surface area (Å²) >= 11 is 0. The Bertz CT molecular complexity index is 784. The maximum Gasteiger partial charge on any atom is 0.254 e. The third-order valence-corrected chi connectivity index (χ3v) is 7.77. The highest BCUT2D eigenvalue weighted by Gasteiger charge is 2.54. The summed E-state index contributed by atoms with van der Waals surface area (Å²) < 4.78 is 44.3. The minimum Gasteiger partial charge on any atom is -0.369 e. The van der Waals surface area contributed by atoms with Crippen LogP contribution in [0.2, 0.25) is 0 Å². The lowest BCUT2D eigenvalue weighted by atomic mass is 9.94. The van der Waals surface area contributed by atoms with Crippen LogP contribution >= 0.6 is 0 Å². The summed E-state index contributed by atoms with van der Waals surface area (Å²) in [6, 6.07) is 5.36. The van der Waals surface area contributed by atoms with Crippen LogP contribution in [0, 0.1) is 5.82 Å². The summed E-state index contributed by atoms with van der Waals surface area (Å²) in [7, 11) is -3.25. The van der Waals surface area contributed by atoms with Crippen molar-refractivity contribution in [2.45, 2.75) is 23.7 Å². The van der Waals surface area contributed by atoms with Gasteiger partial charge in [-0.25, -0.2) is 12.8 Å².